The van der Waals surface area contributed by atoms with Crippen LogP contribution in [0.1, 0.15) is 45.1 Å². The molecular weight excluding hydrogens is 346 g/mol. The predicted octanol–water partition coefficient (Wildman–Crippen LogP) is 2.94. The van der Waals surface area contributed by atoms with Crippen LogP contribution < -0.4 is 10.6 Å². The summed E-state index contributed by atoms with van der Waals surface area (Å²) in [6.07, 6.45) is 5.00. The number of hydrogen-bond donors (Lipinski definition) is 2. The van der Waals surface area contributed by atoms with Crippen molar-refractivity contribution in [3.63, 3.8) is 0 Å². The highest BCUT2D eigenvalue weighted by Crippen LogP contribution is 2.18. The van der Waals surface area contributed by atoms with Gasteiger partial charge in [-0.1, -0.05) is 30.3 Å². The van der Waals surface area contributed by atoms with E-state index < -0.39 is 0 Å². The highest BCUT2D eigenvalue weighted by molar-refractivity contribution is 5.79. The van der Waals surface area contributed by atoms with E-state index in [9.17, 15) is 0 Å². The number of benzene rings is 1. The summed E-state index contributed by atoms with van der Waals surface area (Å²) in [7, 11) is 1.89. The van der Waals surface area contributed by atoms with Crippen molar-refractivity contribution in [3.8, 4) is 0 Å². The van der Waals surface area contributed by atoms with Crippen molar-refractivity contribution >= 4 is 5.96 Å². The Morgan fingerprint density at radius 2 is 1.86 bits per heavy atom. The van der Waals surface area contributed by atoms with Gasteiger partial charge >= 0.3 is 0 Å². The fraction of sp³-hybridized carbons (Fsp3) is 0.696. The third-order valence-electron chi connectivity index (χ3n) is 6.24. The number of nitrogens with zero attached hydrogens (tertiary/aromatic N) is 3. The third kappa shape index (κ3) is 6.49. The molecule has 2 fully saturated rings. The molecule has 0 aliphatic carbocycles. The normalized spacial score (nSPS) is 23.1. The standard InChI is InChI=1S/C23H39N5/c1-19(2)28-13-7-10-21(18-28)16-25-23(24-3)26-22-11-14-27(15-12-22)17-20-8-5-4-6-9-20/h4-6,8-9,19,21-22H,7,10-18H2,1-3H3,(H2,24,25,26). The molecule has 2 aliphatic heterocycles. The molecule has 0 aromatic heterocycles. The van der Waals surface area contributed by atoms with Crippen LogP contribution in [0, 0.1) is 5.92 Å². The Hall–Kier alpha value is -1.59. The Morgan fingerprint density at radius 3 is 2.54 bits per heavy atom. The maximum absolute atomic E-state index is 4.47. The minimum absolute atomic E-state index is 0.525. The van der Waals surface area contributed by atoms with Crippen molar-refractivity contribution in [2.75, 3.05) is 39.8 Å². The van der Waals surface area contributed by atoms with Gasteiger partial charge in [0.25, 0.3) is 0 Å². The molecule has 0 bridgehead atoms. The van der Waals surface area contributed by atoms with Crippen molar-refractivity contribution in [1.82, 2.24) is 20.4 Å². The lowest BCUT2D eigenvalue weighted by atomic mass is 9.97. The number of nitrogens with one attached hydrogen (secondary N) is 2. The van der Waals surface area contributed by atoms with E-state index in [-0.39, 0.29) is 0 Å². The maximum Gasteiger partial charge on any atom is 0.191 e. The molecule has 2 saturated heterocycles. The fourth-order valence-electron chi connectivity index (χ4n) is 4.44. The first-order chi connectivity index (χ1) is 13.6. The monoisotopic (exact) mass is 385 g/mol. The number of hydrogen-bond acceptors (Lipinski definition) is 3. The van der Waals surface area contributed by atoms with Gasteiger partial charge in [0.2, 0.25) is 0 Å². The van der Waals surface area contributed by atoms with Crippen LogP contribution >= 0.6 is 0 Å². The topological polar surface area (TPSA) is 42.9 Å². The average Bonchev–Trinajstić information content (AvgIpc) is 2.73. The predicted molar refractivity (Wildman–Crippen MR) is 119 cm³/mol. The Labute approximate surface area is 171 Å². The van der Waals surface area contributed by atoms with Gasteiger partial charge in [-0.05, 0) is 57.6 Å². The summed E-state index contributed by atoms with van der Waals surface area (Å²) in [4.78, 5) is 9.64. The van der Waals surface area contributed by atoms with Gasteiger partial charge in [-0.15, -0.1) is 0 Å². The van der Waals surface area contributed by atoms with Crippen LogP contribution in [0.4, 0.5) is 0 Å². The molecule has 1 aromatic carbocycles. The van der Waals surface area contributed by atoms with Crippen LogP contribution in [0.5, 0.6) is 0 Å². The molecule has 3 rings (SSSR count). The lowest BCUT2D eigenvalue weighted by Gasteiger charge is -2.36. The van der Waals surface area contributed by atoms with Gasteiger partial charge in [-0.25, -0.2) is 0 Å². The van der Waals surface area contributed by atoms with Crippen LogP contribution in [0.15, 0.2) is 35.3 Å². The molecule has 0 amide bonds. The van der Waals surface area contributed by atoms with Crippen molar-refractivity contribution < 1.29 is 0 Å². The van der Waals surface area contributed by atoms with E-state index in [1.54, 1.807) is 0 Å². The minimum atomic E-state index is 0.525. The molecule has 2 heterocycles. The zero-order valence-corrected chi connectivity index (χ0v) is 18.0. The van der Waals surface area contributed by atoms with Gasteiger partial charge in [0.15, 0.2) is 5.96 Å². The van der Waals surface area contributed by atoms with Crippen molar-refractivity contribution in [1.29, 1.82) is 0 Å². The average molecular weight is 386 g/mol. The first-order valence-electron chi connectivity index (χ1n) is 11.1. The summed E-state index contributed by atoms with van der Waals surface area (Å²) in [5.41, 5.74) is 1.41. The van der Waals surface area contributed by atoms with Gasteiger partial charge in [-0.3, -0.25) is 9.89 Å². The largest absolute Gasteiger partial charge is 0.356 e. The van der Waals surface area contributed by atoms with E-state index in [0.717, 1.165) is 38.1 Å². The molecular formula is C23H39N5. The number of rotatable bonds is 6. The Morgan fingerprint density at radius 1 is 1.11 bits per heavy atom. The summed E-state index contributed by atoms with van der Waals surface area (Å²) < 4.78 is 0. The minimum Gasteiger partial charge on any atom is -0.356 e. The summed E-state index contributed by atoms with van der Waals surface area (Å²) in [5, 5.41) is 7.26. The van der Waals surface area contributed by atoms with Crippen LogP contribution in [0.2, 0.25) is 0 Å². The van der Waals surface area contributed by atoms with Crippen LogP contribution in [0.25, 0.3) is 0 Å². The molecule has 2 aliphatic rings. The van der Waals surface area contributed by atoms with Crippen molar-refractivity contribution in [2.45, 2.75) is 58.2 Å². The lowest BCUT2D eigenvalue weighted by molar-refractivity contribution is 0.141. The van der Waals surface area contributed by atoms with Crippen LogP contribution in [-0.4, -0.2) is 67.6 Å². The zero-order chi connectivity index (χ0) is 19.8. The van der Waals surface area contributed by atoms with E-state index in [1.165, 1.54) is 44.3 Å². The molecule has 5 nitrogen and oxygen atoms in total. The van der Waals surface area contributed by atoms with E-state index in [1.807, 2.05) is 7.05 Å². The first-order valence-corrected chi connectivity index (χ1v) is 11.1. The summed E-state index contributed by atoms with van der Waals surface area (Å²) in [5.74, 6) is 1.70. The second-order valence-corrected chi connectivity index (χ2v) is 8.73. The highest BCUT2D eigenvalue weighted by atomic mass is 15.2. The van der Waals surface area contributed by atoms with Gasteiger partial charge in [0, 0.05) is 51.9 Å². The second-order valence-electron chi connectivity index (χ2n) is 8.73. The smallest absolute Gasteiger partial charge is 0.191 e. The molecule has 1 unspecified atom stereocenters. The Kier molecular flexibility index (Phi) is 8.16. The lowest BCUT2D eigenvalue weighted by Crippen LogP contribution is -2.50. The van der Waals surface area contributed by atoms with E-state index in [4.69, 9.17) is 0 Å². The molecule has 156 valence electrons. The molecule has 0 saturated carbocycles. The quantitative estimate of drug-likeness (QED) is 0.584. The highest BCUT2D eigenvalue weighted by Gasteiger charge is 2.23. The van der Waals surface area contributed by atoms with Gasteiger partial charge in [-0.2, -0.15) is 0 Å². The number of piperidine rings is 2. The molecule has 1 aromatic rings. The fourth-order valence-corrected chi connectivity index (χ4v) is 4.44. The van der Waals surface area contributed by atoms with Gasteiger partial charge in [0.1, 0.15) is 0 Å². The molecule has 0 radical (unpaired) electrons. The summed E-state index contributed by atoms with van der Waals surface area (Å²) in [6.45, 7) is 11.5. The van der Waals surface area contributed by atoms with E-state index in [0.29, 0.717) is 12.1 Å². The molecule has 0 spiro atoms. The number of aliphatic imine (C=N–C) groups is 1. The van der Waals surface area contributed by atoms with E-state index in [2.05, 4.69) is 69.6 Å². The Bertz CT molecular complexity index is 592. The van der Waals surface area contributed by atoms with E-state index >= 15 is 0 Å². The van der Waals surface area contributed by atoms with Crippen molar-refractivity contribution in [2.24, 2.45) is 10.9 Å². The molecule has 28 heavy (non-hydrogen) atoms. The molecule has 2 N–H and O–H groups in total. The van der Waals surface area contributed by atoms with Gasteiger partial charge in [0.05, 0.1) is 0 Å². The Balaban J connectivity index is 1.37. The first kappa shape index (κ1) is 21.1. The molecule has 5 heteroatoms. The molecule has 1 atom stereocenters. The third-order valence-corrected chi connectivity index (χ3v) is 6.24. The van der Waals surface area contributed by atoms with Crippen LogP contribution in [0.3, 0.4) is 0 Å². The number of likely N-dealkylation sites (tertiary alicyclic amines) is 2. The zero-order valence-electron chi connectivity index (χ0n) is 18.0. The van der Waals surface area contributed by atoms with Crippen molar-refractivity contribution in [3.05, 3.63) is 35.9 Å². The summed E-state index contributed by atoms with van der Waals surface area (Å²) >= 11 is 0. The second kappa shape index (κ2) is 10.8. The summed E-state index contributed by atoms with van der Waals surface area (Å²) in [6, 6.07) is 12.0. The number of guanidine groups is 1. The SMILES string of the molecule is CN=C(NCC1CCCN(C(C)C)C1)NC1CCN(Cc2ccccc2)CC1. The van der Waals surface area contributed by atoms with Gasteiger partial charge < -0.3 is 15.5 Å². The van der Waals surface area contributed by atoms with Crippen LogP contribution in [-0.2, 0) is 6.54 Å². The maximum atomic E-state index is 4.47.